The molecule has 0 radical (unpaired) electrons. The van der Waals surface area contributed by atoms with Gasteiger partial charge in [-0.1, -0.05) is 34.1 Å². The average molecular weight is 461 g/mol. The van der Waals surface area contributed by atoms with Gasteiger partial charge in [0.05, 0.1) is 13.7 Å². The number of carbonyl (C=O) groups is 2. The Hall–Kier alpha value is -2.80. The van der Waals surface area contributed by atoms with Gasteiger partial charge in [0.2, 0.25) is 5.91 Å². The third kappa shape index (κ3) is 6.64. The van der Waals surface area contributed by atoms with E-state index in [2.05, 4.69) is 21.2 Å². The van der Waals surface area contributed by atoms with Gasteiger partial charge >= 0.3 is 0 Å². The molecule has 0 aliphatic heterocycles. The van der Waals surface area contributed by atoms with Crippen molar-refractivity contribution < 1.29 is 19.1 Å². The molecule has 0 saturated heterocycles. The number of halogens is 1. The van der Waals surface area contributed by atoms with Crippen molar-refractivity contribution in [2.45, 2.75) is 13.8 Å². The molecule has 2 aromatic rings. The van der Waals surface area contributed by atoms with Crippen molar-refractivity contribution in [3.05, 3.63) is 58.1 Å². The van der Waals surface area contributed by atoms with Crippen LogP contribution in [0.5, 0.6) is 11.5 Å². The molecule has 0 spiro atoms. The molecular weight excluding hydrogens is 436 g/mol. The molecule has 7 heteroatoms. The molecule has 2 aromatic carbocycles. The van der Waals surface area contributed by atoms with Crippen LogP contribution in [0, 0.1) is 6.92 Å². The van der Waals surface area contributed by atoms with Crippen LogP contribution in [0.25, 0.3) is 6.08 Å². The van der Waals surface area contributed by atoms with E-state index in [4.69, 9.17) is 9.47 Å². The smallest absolute Gasteiger partial charge is 0.260 e. The minimum atomic E-state index is -0.313. The summed E-state index contributed by atoms with van der Waals surface area (Å²) in [5, 5.41) is 2.81. The van der Waals surface area contributed by atoms with Gasteiger partial charge in [-0.15, -0.1) is 0 Å². The lowest BCUT2D eigenvalue weighted by molar-refractivity contribution is -0.135. The first kappa shape index (κ1) is 22.5. The van der Waals surface area contributed by atoms with E-state index in [1.54, 1.807) is 20.2 Å². The van der Waals surface area contributed by atoms with Gasteiger partial charge in [-0.3, -0.25) is 9.59 Å². The Morgan fingerprint density at radius 2 is 1.93 bits per heavy atom. The molecule has 0 atom stereocenters. The number of aryl methyl sites for hydroxylation is 1. The zero-order valence-corrected chi connectivity index (χ0v) is 18.6. The van der Waals surface area contributed by atoms with Gasteiger partial charge in [-0.2, -0.15) is 0 Å². The number of carbonyl (C=O) groups excluding carboxylic acids is 2. The predicted octanol–water partition coefficient (Wildman–Crippen LogP) is 4.28. The lowest BCUT2D eigenvalue weighted by atomic mass is 10.2. The second-order valence-corrected chi connectivity index (χ2v) is 7.37. The van der Waals surface area contributed by atoms with Crippen LogP contribution < -0.4 is 14.8 Å². The molecule has 0 saturated carbocycles. The van der Waals surface area contributed by atoms with Crippen LogP contribution in [-0.2, 0) is 9.59 Å². The summed E-state index contributed by atoms with van der Waals surface area (Å²) in [6.45, 7) is 3.56. The number of allylic oxidation sites excluding steroid dienone is 1. The molecule has 0 heterocycles. The van der Waals surface area contributed by atoms with E-state index in [9.17, 15) is 9.59 Å². The van der Waals surface area contributed by atoms with Crippen LogP contribution in [0.4, 0.5) is 5.69 Å². The number of hydrogen-bond acceptors (Lipinski definition) is 4. The van der Waals surface area contributed by atoms with E-state index in [0.717, 1.165) is 15.6 Å². The second-order valence-electron chi connectivity index (χ2n) is 6.46. The first-order valence-electron chi connectivity index (χ1n) is 9.07. The molecule has 0 bridgehead atoms. The number of amides is 2. The highest BCUT2D eigenvalue weighted by Gasteiger charge is 2.15. The first-order valence-corrected chi connectivity index (χ1v) is 9.86. The first-order chi connectivity index (χ1) is 13.8. The van der Waals surface area contributed by atoms with Gasteiger partial charge in [0.1, 0.15) is 0 Å². The van der Waals surface area contributed by atoms with E-state index >= 15 is 0 Å². The topological polar surface area (TPSA) is 67.9 Å². The molecular formula is C22H25BrN2O4. The molecule has 0 fully saturated rings. The van der Waals surface area contributed by atoms with Crippen molar-refractivity contribution in [2.24, 2.45) is 0 Å². The van der Waals surface area contributed by atoms with E-state index < -0.39 is 0 Å². The maximum Gasteiger partial charge on any atom is 0.260 e. The molecule has 29 heavy (non-hydrogen) atoms. The summed E-state index contributed by atoms with van der Waals surface area (Å²) in [5.74, 6) is 0.420. The summed E-state index contributed by atoms with van der Waals surface area (Å²) >= 11 is 3.39. The Labute approximate surface area is 179 Å². The maximum atomic E-state index is 12.3. The minimum Gasteiger partial charge on any atom is -0.493 e. The second kappa shape index (κ2) is 10.7. The van der Waals surface area contributed by atoms with Crippen LogP contribution in [0.2, 0.25) is 0 Å². The van der Waals surface area contributed by atoms with Gasteiger partial charge in [-0.25, -0.2) is 0 Å². The Morgan fingerprint density at radius 3 is 2.59 bits per heavy atom. The zero-order valence-electron chi connectivity index (χ0n) is 17.0. The van der Waals surface area contributed by atoms with Crippen molar-refractivity contribution in [2.75, 3.05) is 32.6 Å². The number of ether oxygens (including phenoxy) is 2. The fourth-order valence-electron chi connectivity index (χ4n) is 2.61. The van der Waals surface area contributed by atoms with Crippen LogP contribution in [-0.4, -0.2) is 44.0 Å². The van der Waals surface area contributed by atoms with Crippen LogP contribution >= 0.6 is 15.9 Å². The number of methoxy groups -OCH3 is 1. The third-order valence-corrected chi connectivity index (χ3v) is 4.66. The molecule has 0 aromatic heterocycles. The van der Waals surface area contributed by atoms with Crippen molar-refractivity contribution in [1.82, 2.24) is 4.90 Å². The highest BCUT2D eigenvalue weighted by molar-refractivity contribution is 9.10. The Morgan fingerprint density at radius 1 is 1.17 bits per heavy atom. The van der Waals surface area contributed by atoms with Gasteiger partial charge < -0.3 is 19.7 Å². The highest BCUT2D eigenvalue weighted by Crippen LogP contribution is 2.28. The van der Waals surface area contributed by atoms with Crippen molar-refractivity contribution in [3.8, 4) is 11.5 Å². The third-order valence-electron chi connectivity index (χ3n) is 4.17. The molecule has 154 valence electrons. The number of benzene rings is 2. The lowest BCUT2D eigenvalue weighted by Crippen LogP contribution is -2.37. The maximum absolute atomic E-state index is 12.3. The van der Waals surface area contributed by atoms with Crippen LogP contribution in [0.1, 0.15) is 18.1 Å². The molecule has 2 amide bonds. The normalized spacial score (nSPS) is 10.7. The quantitative estimate of drug-likeness (QED) is 0.638. The molecule has 6 nitrogen and oxygen atoms in total. The van der Waals surface area contributed by atoms with Gasteiger partial charge in [-0.05, 0) is 55.3 Å². The average Bonchev–Trinajstić information content (AvgIpc) is 2.68. The summed E-state index contributed by atoms with van der Waals surface area (Å²) < 4.78 is 11.9. The summed E-state index contributed by atoms with van der Waals surface area (Å²) in [6, 6.07) is 11.0. The van der Waals surface area contributed by atoms with Crippen LogP contribution in [0.3, 0.4) is 0 Å². The molecule has 1 N–H and O–H groups in total. The number of hydrogen-bond donors (Lipinski definition) is 1. The van der Waals surface area contributed by atoms with Gasteiger partial charge in [0.25, 0.3) is 5.91 Å². The number of anilines is 1. The van der Waals surface area contributed by atoms with E-state index in [0.29, 0.717) is 17.2 Å². The van der Waals surface area contributed by atoms with Crippen molar-refractivity contribution in [3.63, 3.8) is 0 Å². The van der Waals surface area contributed by atoms with E-state index in [1.165, 1.54) is 4.90 Å². The van der Waals surface area contributed by atoms with E-state index in [-0.39, 0.29) is 25.0 Å². The highest BCUT2D eigenvalue weighted by atomic mass is 79.9. The number of nitrogens with zero attached hydrogens (tertiary/aromatic N) is 1. The number of likely N-dealkylation sites (N-methyl/N-ethyl adjacent to an activating group) is 1. The van der Waals surface area contributed by atoms with Gasteiger partial charge in [0, 0.05) is 17.2 Å². The molecule has 0 aliphatic rings. The summed E-state index contributed by atoms with van der Waals surface area (Å²) in [4.78, 5) is 25.9. The minimum absolute atomic E-state index is 0.0743. The molecule has 0 aliphatic carbocycles. The van der Waals surface area contributed by atoms with Crippen LogP contribution in [0.15, 0.2) is 46.9 Å². The predicted molar refractivity (Wildman–Crippen MR) is 118 cm³/mol. The fraction of sp³-hybridized carbons (Fsp3) is 0.273. The monoisotopic (exact) mass is 460 g/mol. The van der Waals surface area contributed by atoms with Gasteiger partial charge in [0.15, 0.2) is 18.1 Å². The SMILES string of the molecule is CC=Cc1ccc(OCC(=O)N(C)CC(=O)Nc2ccc(Br)cc2C)c(OC)c1. The number of rotatable bonds is 8. The molecule has 0 unspecified atom stereocenters. The molecule has 2 rings (SSSR count). The number of nitrogens with one attached hydrogen (secondary N) is 1. The Kier molecular flexibility index (Phi) is 8.27. The lowest BCUT2D eigenvalue weighted by Gasteiger charge is -2.18. The zero-order chi connectivity index (χ0) is 21.4. The van der Waals surface area contributed by atoms with Crippen molar-refractivity contribution >= 4 is 39.5 Å². The Bertz CT molecular complexity index is 912. The Balaban J connectivity index is 1.91. The summed E-state index contributed by atoms with van der Waals surface area (Å²) in [7, 11) is 3.11. The standard InChI is InChI=1S/C22H25BrN2O4/c1-5-6-16-7-10-19(20(12-16)28-4)29-14-22(27)25(3)13-21(26)24-18-9-8-17(23)11-15(18)2/h5-12H,13-14H2,1-4H3,(H,24,26). The fourth-order valence-corrected chi connectivity index (χ4v) is 3.09. The summed E-state index contributed by atoms with van der Waals surface area (Å²) in [6.07, 6.45) is 3.87. The summed E-state index contributed by atoms with van der Waals surface area (Å²) in [5.41, 5.74) is 2.61. The largest absolute Gasteiger partial charge is 0.493 e. The van der Waals surface area contributed by atoms with Crippen molar-refractivity contribution in [1.29, 1.82) is 0 Å². The van der Waals surface area contributed by atoms with E-state index in [1.807, 2.05) is 56.3 Å².